The van der Waals surface area contributed by atoms with Crippen LogP contribution in [0.4, 0.5) is 0 Å². The molecule has 2 aromatic rings. The Kier molecular flexibility index (Phi) is 5.70. The van der Waals surface area contributed by atoms with E-state index in [-0.39, 0.29) is 0 Å². The SMILES string of the molecule is Cc1cc(C)[c]([Ru]([Cl])([Cl])(=[CH]Sc2ccccc2)=[C]2NCCN2)c(C)c1. The summed E-state index contributed by atoms with van der Waals surface area (Å²) in [6, 6.07) is 14.6. The van der Waals surface area contributed by atoms with Crippen LogP contribution < -0.4 is 14.8 Å². The van der Waals surface area contributed by atoms with Crippen molar-refractivity contribution >= 4 is 43.6 Å². The molecule has 6 heteroatoms. The van der Waals surface area contributed by atoms with Crippen LogP contribution in [0.3, 0.4) is 0 Å². The van der Waals surface area contributed by atoms with Gasteiger partial charge in [0.05, 0.1) is 0 Å². The molecule has 2 N–H and O–H groups in total. The normalized spacial score (nSPS) is 16.5. The Hall–Kier alpha value is -0.347. The quantitative estimate of drug-likeness (QED) is 0.509. The topological polar surface area (TPSA) is 24.1 Å². The van der Waals surface area contributed by atoms with Crippen LogP contribution >= 0.6 is 31.1 Å². The zero-order chi connectivity index (χ0) is 18.1. The van der Waals surface area contributed by atoms with Crippen LogP contribution in [0.15, 0.2) is 47.4 Å². The van der Waals surface area contributed by atoms with E-state index in [4.69, 9.17) is 19.4 Å². The van der Waals surface area contributed by atoms with E-state index in [1.54, 1.807) is 11.8 Å². The number of halogens is 2. The molecule has 2 nitrogen and oxygen atoms in total. The molecule has 2 aromatic carbocycles. The number of nitrogens with one attached hydrogen (secondary N) is 2. The van der Waals surface area contributed by atoms with Gasteiger partial charge in [0, 0.05) is 0 Å². The molecule has 0 unspecified atom stereocenters. The summed E-state index contributed by atoms with van der Waals surface area (Å²) >= 11 is 1.62. The van der Waals surface area contributed by atoms with Gasteiger partial charge in [0.1, 0.15) is 0 Å². The van der Waals surface area contributed by atoms with Gasteiger partial charge >= 0.3 is 163 Å². The molecule has 0 aromatic heterocycles. The first-order valence-electron chi connectivity index (χ1n) is 8.04. The molecule has 1 heterocycles. The van der Waals surface area contributed by atoms with E-state index in [1.807, 2.05) is 18.2 Å². The Morgan fingerprint density at radius 3 is 2.08 bits per heavy atom. The summed E-state index contributed by atoms with van der Waals surface area (Å²) < 4.78 is 4.09. The summed E-state index contributed by atoms with van der Waals surface area (Å²) in [6.07, 6.45) is 0. The van der Waals surface area contributed by atoms with Gasteiger partial charge in [-0.05, 0) is 0 Å². The Balaban J connectivity index is 2.31. The molecule has 137 valence electrons. The Morgan fingerprint density at radius 1 is 0.960 bits per heavy atom. The maximum absolute atomic E-state index is 7.44. The molecule has 0 bridgehead atoms. The zero-order valence-corrected chi connectivity index (χ0v) is 18.6. The third kappa shape index (κ3) is 3.85. The zero-order valence-electron chi connectivity index (χ0n) is 14.6. The number of hydrogen-bond acceptors (Lipinski definition) is 3. The molecule has 1 aliphatic heterocycles. The van der Waals surface area contributed by atoms with E-state index in [1.165, 1.54) is 5.56 Å². The van der Waals surface area contributed by atoms with E-state index in [0.717, 1.165) is 37.6 Å². The van der Waals surface area contributed by atoms with Crippen molar-refractivity contribution in [3.8, 4) is 0 Å². The molecule has 0 radical (unpaired) electrons. The van der Waals surface area contributed by atoms with Crippen LogP contribution in [0, 0.1) is 20.8 Å². The summed E-state index contributed by atoms with van der Waals surface area (Å²) in [6.45, 7) is 8.01. The van der Waals surface area contributed by atoms with E-state index in [2.05, 4.69) is 59.6 Å². The Bertz CT molecular complexity index is 920. The molecular formula is C19H23Cl2N2RuS. The summed E-state index contributed by atoms with van der Waals surface area (Å²) in [5.41, 5.74) is 3.54. The van der Waals surface area contributed by atoms with Crippen molar-refractivity contribution < 1.29 is 10.7 Å². The van der Waals surface area contributed by atoms with Crippen molar-refractivity contribution in [2.24, 2.45) is 0 Å². The van der Waals surface area contributed by atoms with Gasteiger partial charge in [-0.3, -0.25) is 0 Å². The average Bonchev–Trinajstić information content (AvgIpc) is 3.09. The number of aryl methyl sites for hydroxylation is 3. The second kappa shape index (κ2) is 7.34. The fourth-order valence-corrected chi connectivity index (χ4v) is 16.3. The number of benzene rings is 2. The molecular weight excluding hydrogens is 460 g/mol. The Morgan fingerprint density at radius 2 is 1.52 bits per heavy atom. The van der Waals surface area contributed by atoms with Gasteiger partial charge in [-0.2, -0.15) is 0 Å². The van der Waals surface area contributed by atoms with Crippen LogP contribution in [-0.4, -0.2) is 21.4 Å². The molecule has 3 rings (SSSR count). The number of hydrogen-bond donors (Lipinski definition) is 2. The molecule has 0 saturated carbocycles. The van der Waals surface area contributed by atoms with Crippen molar-refractivity contribution in [3.63, 3.8) is 0 Å². The third-order valence-corrected chi connectivity index (χ3v) is 18.2. The first-order valence-corrected chi connectivity index (χ1v) is 16.1. The number of rotatable bonds is 3. The van der Waals surface area contributed by atoms with Gasteiger partial charge in [0.15, 0.2) is 0 Å². The second-order valence-corrected chi connectivity index (χ2v) is 21.1. The standard InChI is InChI=1S/C9H11.C7H6S.C3H6N2.2ClH.Ru/c1-7-4-8(2)6-9(3)5-7;1-8-7-5-3-2-4-6-7;1-2-5-3-4-1;;;/h4-5H,1-3H3;1-6H;4-5H,1-2H2;2*1H;/q;;;;;+2/p-2. The molecule has 1 aliphatic rings. The molecule has 0 aliphatic carbocycles. The van der Waals surface area contributed by atoms with Gasteiger partial charge in [-0.15, -0.1) is 0 Å². The van der Waals surface area contributed by atoms with Crippen LogP contribution in [-0.2, 0) is 10.7 Å². The monoisotopic (exact) mass is 483 g/mol. The van der Waals surface area contributed by atoms with Crippen molar-refractivity contribution in [1.29, 1.82) is 0 Å². The fourth-order valence-electron chi connectivity index (χ4n) is 3.09. The molecule has 0 amide bonds. The van der Waals surface area contributed by atoms with Gasteiger partial charge < -0.3 is 0 Å². The van der Waals surface area contributed by atoms with Crippen molar-refractivity contribution in [1.82, 2.24) is 10.6 Å². The molecule has 0 spiro atoms. The van der Waals surface area contributed by atoms with Crippen LogP contribution in [0.25, 0.3) is 0 Å². The average molecular weight is 483 g/mol. The summed E-state index contributed by atoms with van der Waals surface area (Å²) in [5.74, 6) is 0. The van der Waals surface area contributed by atoms with Gasteiger partial charge in [-0.25, -0.2) is 0 Å². The Labute approximate surface area is 162 Å². The molecule has 25 heavy (non-hydrogen) atoms. The van der Waals surface area contributed by atoms with Crippen LogP contribution in [0.1, 0.15) is 16.7 Å². The first kappa shape index (κ1) is 19.4. The van der Waals surface area contributed by atoms with E-state index >= 15 is 0 Å². The van der Waals surface area contributed by atoms with E-state index in [0.29, 0.717) is 0 Å². The third-order valence-electron chi connectivity index (χ3n) is 3.95. The van der Waals surface area contributed by atoms with Crippen molar-refractivity contribution in [2.75, 3.05) is 13.1 Å². The van der Waals surface area contributed by atoms with E-state index in [9.17, 15) is 0 Å². The maximum atomic E-state index is 7.44. The summed E-state index contributed by atoms with van der Waals surface area (Å²) in [4.78, 5) is 1.14. The molecule has 0 atom stereocenters. The van der Waals surface area contributed by atoms with Gasteiger partial charge in [-0.1, -0.05) is 0 Å². The summed E-state index contributed by atoms with van der Waals surface area (Å²) in [5, 5.41) is 6.84. The molecule has 1 fully saturated rings. The van der Waals surface area contributed by atoms with Crippen molar-refractivity contribution in [3.05, 3.63) is 59.2 Å². The number of thioether (sulfide) groups is 1. The minimum absolute atomic E-state index is 0.846. The van der Waals surface area contributed by atoms with Gasteiger partial charge in [0.2, 0.25) is 0 Å². The van der Waals surface area contributed by atoms with Crippen LogP contribution in [0.5, 0.6) is 0 Å². The second-order valence-electron chi connectivity index (χ2n) is 6.13. The predicted molar refractivity (Wildman–Crippen MR) is 111 cm³/mol. The minimum atomic E-state index is -4.16. The van der Waals surface area contributed by atoms with E-state index < -0.39 is 10.7 Å². The first-order chi connectivity index (χ1) is 11.8. The fraction of sp³-hybridized carbons (Fsp3) is 0.263. The summed E-state index contributed by atoms with van der Waals surface area (Å²) in [7, 11) is 10.7. The van der Waals surface area contributed by atoms with Gasteiger partial charge in [0.25, 0.3) is 0 Å². The predicted octanol–water partition coefficient (Wildman–Crippen LogP) is 4.07. The van der Waals surface area contributed by atoms with Crippen molar-refractivity contribution in [2.45, 2.75) is 25.7 Å². The van der Waals surface area contributed by atoms with Crippen LogP contribution in [0.2, 0.25) is 0 Å². The molecule has 1 saturated heterocycles.